The van der Waals surface area contributed by atoms with Crippen LogP contribution in [0.2, 0.25) is 0 Å². The molecule has 0 aliphatic rings. The molecule has 0 spiro atoms. The summed E-state index contributed by atoms with van der Waals surface area (Å²) in [6, 6.07) is 0. The minimum atomic E-state index is 0.436. The molecule has 0 amide bonds. The summed E-state index contributed by atoms with van der Waals surface area (Å²) in [6.45, 7) is 10.7. The quantitative estimate of drug-likeness (QED) is 0.453. The van der Waals surface area contributed by atoms with Crippen molar-refractivity contribution in [3.05, 3.63) is 17.5 Å². The van der Waals surface area contributed by atoms with Gasteiger partial charge in [-0.1, -0.05) is 40.5 Å². The van der Waals surface area contributed by atoms with Crippen LogP contribution in [0.1, 0.15) is 64.1 Å². The molecule has 5 heteroatoms. The Labute approximate surface area is 142 Å². The minimum absolute atomic E-state index is 0.436. The summed E-state index contributed by atoms with van der Waals surface area (Å²) >= 11 is 0. The first-order valence-electron chi connectivity index (χ1n) is 8.79. The van der Waals surface area contributed by atoms with Crippen molar-refractivity contribution in [1.82, 2.24) is 20.0 Å². The van der Waals surface area contributed by atoms with Gasteiger partial charge in [0.25, 0.3) is 0 Å². The van der Waals surface area contributed by atoms with Gasteiger partial charge in [0.15, 0.2) is 5.96 Å². The third-order valence-corrected chi connectivity index (χ3v) is 3.96. The summed E-state index contributed by atoms with van der Waals surface area (Å²) in [5, 5.41) is 8.05. The average molecular weight is 322 g/mol. The molecule has 0 aliphatic heterocycles. The molecule has 0 bridgehead atoms. The van der Waals surface area contributed by atoms with Crippen molar-refractivity contribution >= 4 is 5.96 Å². The Balaban J connectivity index is 2.53. The molecular weight excluding hydrogens is 286 g/mol. The summed E-state index contributed by atoms with van der Waals surface area (Å²) in [5.41, 5.74) is 2.44. The maximum atomic E-state index is 4.58. The Kier molecular flexibility index (Phi) is 8.13. The first kappa shape index (κ1) is 19.5. The molecule has 1 aromatic rings. The zero-order chi connectivity index (χ0) is 17.4. The Bertz CT molecular complexity index is 488. The average Bonchev–Trinajstić information content (AvgIpc) is 2.83. The van der Waals surface area contributed by atoms with Crippen LogP contribution < -0.4 is 5.32 Å². The second-order valence-corrected chi connectivity index (χ2v) is 7.09. The molecule has 1 rings (SSSR count). The highest BCUT2D eigenvalue weighted by Crippen LogP contribution is 2.18. The molecule has 23 heavy (non-hydrogen) atoms. The van der Waals surface area contributed by atoms with Gasteiger partial charge in [-0.25, -0.2) is 0 Å². The van der Waals surface area contributed by atoms with Gasteiger partial charge in [-0.2, -0.15) is 5.10 Å². The van der Waals surface area contributed by atoms with E-state index < -0.39 is 0 Å². The van der Waals surface area contributed by atoms with Gasteiger partial charge in [0, 0.05) is 46.0 Å². The van der Waals surface area contributed by atoms with Crippen LogP contribution in [-0.2, 0) is 13.6 Å². The summed E-state index contributed by atoms with van der Waals surface area (Å²) < 4.78 is 1.90. The van der Waals surface area contributed by atoms with Crippen LogP contribution in [-0.4, -0.2) is 41.3 Å². The Morgan fingerprint density at radius 2 is 2.00 bits per heavy atom. The van der Waals surface area contributed by atoms with Crippen molar-refractivity contribution in [3.8, 4) is 0 Å². The van der Waals surface area contributed by atoms with Crippen molar-refractivity contribution in [1.29, 1.82) is 0 Å². The topological polar surface area (TPSA) is 45.5 Å². The molecular formula is C18H35N5. The van der Waals surface area contributed by atoms with Crippen LogP contribution in [0.4, 0.5) is 0 Å². The molecule has 0 saturated heterocycles. The number of aryl methyl sites for hydroxylation is 1. The first-order chi connectivity index (χ1) is 10.8. The highest BCUT2D eigenvalue weighted by Gasteiger charge is 2.14. The second-order valence-electron chi connectivity index (χ2n) is 7.09. The maximum absolute atomic E-state index is 4.58. The van der Waals surface area contributed by atoms with Gasteiger partial charge in [0.1, 0.15) is 0 Å². The number of guanidine groups is 1. The summed E-state index contributed by atoms with van der Waals surface area (Å²) in [7, 11) is 5.91. The van der Waals surface area contributed by atoms with Gasteiger partial charge in [-0.05, 0) is 18.3 Å². The smallest absolute Gasteiger partial charge is 0.193 e. The zero-order valence-corrected chi connectivity index (χ0v) is 16.1. The zero-order valence-electron chi connectivity index (χ0n) is 16.1. The summed E-state index contributed by atoms with van der Waals surface area (Å²) in [5.74, 6) is 2.18. The van der Waals surface area contributed by atoms with Gasteiger partial charge in [-0.3, -0.25) is 9.67 Å². The van der Waals surface area contributed by atoms with Crippen molar-refractivity contribution in [2.24, 2.45) is 18.0 Å². The number of nitrogens with one attached hydrogen (secondary N) is 1. The van der Waals surface area contributed by atoms with E-state index in [1.54, 1.807) is 0 Å². The number of hydrogen-bond acceptors (Lipinski definition) is 2. The molecule has 0 aliphatic carbocycles. The minimum Gasteiger partial charge on any atom is -0.356 e. The van der Waals surface area contributed by atoms with Crippen LogP contribution in [0.25, 0.3) is 0 Å². The monoisotopic (exact) mass is 321 g/mol. The normalized spacial score (nSPS) is 12.3. The highest BCUT2D eigenvalue weighted by molar-refractivity contribution is 5.79. The van der Waals surface area contributed by atoms with Crippen molar-refractivity contribution in [2.75, 3.05) is 20.6 Å². The summed E-state index contributed by atoms with van der Waals surface area (Å²) in [6.07, 6.45) is 5.87. The van der Waals surface area contributed by atoms with Gasteiger partial charge >= 0.3 is 0 Å². The van der Waals surface area contributed by atoms with E-state index in [9.17, 15) is 0 Å². The van der Waals surface area contributed by atoms with Gasteiger partial charge in [0.2, 0.25) is 0 Å². The fourth-order valence-electron chi connectivity index (χ4n) is 2.76. The van der Waals surface area contributed by atoms with Crippen LogP contribution in [0.3, 0.4) is 0 Å². The van der Waals surface area contributed by atoms with Gasteiger partial charge < -0.3 is 10.2 Å². The first-order valence-corrected chi connectivity index (χ1v) is 8.79. The third kappa shape index (κ3) is 6.63. The fraction of sp³-hybridized carbons (Fsp3) is 0.778. The van der Waals surface area contributed by atoms with Gasteiger partial charge in [-0.15, -0.1) is 0 Å². The molecule has 1 aromatic heterocycles. The van der Waals surface area contributed by atoms with Crippen LogP contribution in [0.15, 0.2) is 11.2 Å². The highest BCUT2D eigenvalue weighted by atomic mass is 15.3. The predicted molar refractivity (Wildman–Crippen MR) is 98.8 cm³/mol. The maximum Gasteiger partial charge on any atom is 0.193 e. The number of nitrogens with zero attached hydrogens (tertiary/aromatic N) is 4. The molecule has 5 nitrogen and oxygen atoms in total. The number of aliphatic imine (C=N–C) groups is 1. The van der Waals surface area contributed by atoms with Crippen LogP contribution in [0.5, 0.6) is 0 Å². The number of aromatic nitrogens is 2. The standard InChI is InChI=1S/C18H35N5/c1-14(2)10-8-9-11-20-18(19-5)22(6)12-16-13-23(7)21-17(16)15(3)4/h13-15H,8-12H2,1-7H3,(H,19,20). The Morgan fingerprint density at radius 1 is 1.30 bits per heavy atom. The SMILES string of the molecule is CN=C(NCCCCC(C)C)N(C)Cc1cn(C)nc1C(C)C. The lowest BCUT2D eigenvalue weighted by Gasteiger charge is -2.22. The second kappa shape index (κ2) is 9.58. The molecule has 0 unspecified atom stereocenters. The number of rotatable bonds is 8. The third-order valence-electron chi connectivity index (χ3n) is 3.96. The van der Waals surface area contributed by atoms with E-state index in [2.05, 4.69) is 61.2 Å². The molecule has 0 atom stereocenters. The van der Waals surface area contributed by atoms with Crippen molar-refractivity contribution in [3.63, 3.8) is 0 Å². The molecule has 0 aromatic carbocycles. The van der Waals surface area contributed by atoms with E-state index in [1.165, 1.54) is 30.5 Å². The fourth-order valence-corrected chi connectivity index (χ4v) is 2.76. The van der Waals surface area contributed by atoms with Crippen LogP contribution >= 0.6 is 0 Å². The van der Waals surface area contributed by atoms with Crippen molar-refractivity contribution < 1.29 is 0 Å². The predicted octanol–water partition coefficient (Wildman–Crippen LogP) is 3.38. The lowest BCUT2D eigenvalue weighted by atomic mass is 10.1. The van der Waals surface area contributed by atoms with E-state index in [0.29, 0.717) is 5.92 Å². The Hall–Kier alpha value is -1.52. The molecule has 1 N–H and O–H groups in total. The van der Waals surface area contributed by atoms with E-state index >= 15 is 0 Å². The molecule has 0 saturated carbocycles. The Morgan fingerprint density at radius 3 is 2.57 bits per heavy atom. The molecule has 1 heterocycles. The van der Waals surface area contributed by atoms with Gasteiger partial charge in [0.05, 0.1) is 5.69 Å². The molecule has 0 radical (unpaired) electrons. The molecule has 0 fully saturated rings. The van der Waals surface area contributed by atoms with E-state index in [0.717, 1.165) is 25.0 Å². The summed E-state index contributed by atoms with van der Waals surface area (Å²) in [4.78, 5) is 6.57. The number of unbranched alkanes of at least 4 members (excludes halogenated alkanes) is 1. The lowest BCUT2D eigenvalue weighted by molar-refractivity contribution is 0.468. The lowest BCUT2D eigenvalue weighted by Crippen LogP contribution is -2.39. The van der Waals surface area contributed by atoms with Crippen molar-refractivity contribution in [2.45, 2.75) is 59.4 Å². The van der Waals surface area contributed by atoms with Crippen LogP contribution in [0, 0.1) is 5.92 Å². The largest absolute Gasteiger partial charge is 0.356 e. The van der Waals surface area contributed by atoms with E-state index in [-0.39, 0.29) is 0 Å². The van der Waals surface area contributed by atoms with E-state index in [4.69, 9.17) is 0 Å². The van der Waals surface area contributed by atoms with E-state index in [1.807, 2.05) is 18.8 Å². The molecule has 132 valence electrons. The number of hydrogen-bond donors (Lipinski definition) is 1.